The summed E-state index contributed by atoms with van der Waals surface area (Å²) in [5.74, 6) is -0.108. The second-order valence-corrected chi connectivity index (χ2v) is 9.76. The van der Waals surface area contributed by atoms with E-state index in [1.54, 1.807) is 23.6 Å². The molecule has 0 saturated heterocycles. The molecule has 9 heteroatoms. The molecule has 31 heavy (non-hydrogen) atoms. The van der Waals surface area contributed by atoms with Crippen LogP contribution in [0.4, 0.5) is 10.8 Å². The molecular formula is C22H20N4O3S2. The third kappa shape index (κ3) is 4.57. The average molecular weight is 453 g/mol. The molecule has 2 aromatic heterocycles. The van der Waals surface area contributed by atoms with Gasteiger partial charge in [-0.2, -0.15) is 0 Å². The zero-order valence-corrected chi connectivity index (χ0v) is 18.5. The number of carbonyl (C=O) groups is 1. The molecule has 0 fully saturated rings. The third-order valence-corrected chi connectivity index (χ3v) is 6.82. The van der Waals surface area contributed by atoms with Crippen molar-refractivity contribution < 1.29 is 13.2 Å². The maximum atomic E-state index is 13.0. The predicted molar refractivity (Wildman–Crippen MR) is 123 cm³/mol. The van der Waals surface area contributed by atoms with E-state index >= 15 is 0 Å². The highest BCUT2D eigenvalue weighted by molar-refractivity contribution is 7.93. The van der Waals surface area contributed by atoms with Gasteiger partial charge in [0.05, 0.1) is 16.0 Å². The number of anilines is 2. The number of para-hydroxylation sites is 1. The molecule has 0 atom stereocenters. The molecule has 0 aliphatic carbocycles. The Labute approximate surface area is 184 Å². The Morgan fingerprint density at radius 2 is 1.81 bits per heavy atom. The van der Waals surface area contributed by atoms with Crippen molar-refractivity contribution >= 4 is 49.0 Å². The summed E-state index contributed by atoms with van der Waals surface area (Å²) < 4.78 is 27.3. The van der Waals surface area contributed by atoms with Crippen LogP contribution in [-0.2, 0) is 10.0 Å². The van der Waals surface area contributed by atoms with E-state index in [9.17, 15) is 13.2 Å². The number of benzene rings is 2. The molecule has 0 spiro atoms. The van der Waals surface area contributed by atoms with Crippen molar-refractivity contribution in [1.29, 1.82) is 0 Å². The molecule has 4 aromatic rings. The summed E-state index contributed by atoms with van der Waals surface area (Å²) in [5.41, 5.74) is 2.61. The molecule has 0 aliphatic heterocycles. The summed E-state index contributed by atoms with van der Waals surface area (Å²) in [6.45, 7) is 4.05. The molecule has 2 heterocycles. The van der Waals surface area contributed by atoms with E-state index in [-0.39, 0.29) is 16.7 Å². The highest BCUT2D eigenvalue weighted by Crippen LogP contribution is 2.24. The number of sulfonamides is 1. The first kappa shape index (κ1) is 21.0. The van der Waals surface area contributed by atoms with Crippen LogP contribution in [-0.4, -0.2) is 24.3 Å². The van der Waals surface area contributed by atoms with Gasteiger partial charge in [0.1, 0.15) is 0 Å². The van der Waals surface area contributed by atoms with Crippen LogP contribution in [0.2, 0.25) is 0 Å². The van der Waals surface area contributed by atoms with Crippen molar-refractivity contribution in [2.45, 2.75) is 24.7 Å². The van der Waals surface area contributed by atoms with Gasteiger partial charge in [0.2, 0.25) is 0 Å². The largest absolute Gasteiger partial charge is 0.322 e. The second kappa shape index (κ2) is 8.44. The van der Waals surface area contributed by atoms with Gasteiger partial charge < -0.3 is 5.32 Å². The van der Waals surface area contributed by atoms with Crippen molar-refractivity contribution in [3.05, 3.63) is 77.4 Å². The summed E-state index contributed by atoms with van der Waals surface area (Å²) in [6, 6.07) is 15.3. The Morgan fingerprint density at radius 3 is 2.48 bits per heavy atom. The van der Waals surface area contributed by atoms with E-state index in [1.165, 1.54) is 29.7 Å². The number of nitrogens with one attached hydrogen (secondary N) is 2. The Balaban J connectivity index is 1.58. The minimum Gasteiger partial charge on any atom is -0.322 e. The van der Waals surface area contributed by atoms with Gasteiger partial charge in [0.15, 0.2) is 5.13 Å². The third-order valence-electron chi connectivity index (χ3n) is 4.65. The van der Waals surface area contributed by atoms with Gasteiger partial charge in [-0.25, -0.2) is 13.4 Å². The first-order valence-corrected chi connectivity index (χ1v) is 11.9. The zero-order chi connectivity index (χ0) is 22.0. The van der Waals surface area contributed by atoms with Crippen LogP contribution in [0.15, 0.2) is 71.1 Å². The fourth-order valence-electron chi connectivity index (χ4n) is 3.04. The van der Waals surface area contributed by atoms with E-state index in [0.717, 1.165) is 16.6 Å². The number of fused-ring (bicyclic) bond motifs is 1. The Bertz CT molecular complexity index is 1330. The van der Waals surface area contributed by atoms with Gasteiger partial charge in [-0.15, -0.1) is 11.3 Å². The Hall–Kier alpha value is -3.30. The topological polar surface area (TPSA) is 101 Å². The predicted octanol–water partition coefficient (Wildman–Crippen LogP) is 4.87. The van der Waals surface area contributed by atoms with Gasteiger partial charge in [-0.3, -0.25) is 14.5 Å². The summed E-state index contributed by atoms with van der Waals surface area (Å²) >= 11 is 1.19. The minimum atomic E-state index is -3.75. The number of hydrogen-bond acceptors (Lipinski definition) is 6. The highest BCUT2D eigenvalue weighted by atomic mass is 32.2. The lowest BCUT2D eigenvalue weighted by molar-refractivity contribution is 0.102. The molecule has 0 unspecified atom stereocenters. The molecule has 0 radical (unpaired) electrons. The fraction of sp³-hybridized carbons (Fsp3) is 0.136. The van der Waals surface area contributed by atoms with E-state index in [4.69, 9.17) is 0 Å². The van der Waals surface area contributed by atoms with Crippen LogP contribution in [0.1, 0.15) is 35.8 Å². The lowest BCUT2D eigenvalue weighted by atomic mass is 10.0. The van der Waals surface area contributed by atoms with Gasteiger partial charge in [0.25, 0.3) is 15.9 Å². The monoisotopic (exact) mass is 452 g/mol. The quantitative estimate of drug-likeness (QED) is 0.435. The molecule has 2 N–H and O–H groups in total. The number of nitrogens with zero attached hydrogens (tertiary/aromatic N) is 2. The van der Waals surface area contributed by atoms with E-state index in [0.29, 0.717) is 16.4 Å². The Kier molecular flexibility index (Phi) is 5.71. The minimum absolute atomic E-state index is 0.0807. The molecule has 0 saturated carbocycles. The normalized spacial score (nSPS) is 11.6. The number of amides is 1. The van der Waals surface area contributed by atoms with Crippen LogP contribution in [0.5, 0.6) is 0 Å². The van der Waals surface area contributed by atoms with Crippen molar-refractivity contribution in [3.8, 4) is 0 Å². The van der Waals surface area contributed by atoms with Gasteiger partial charge in [-0.1, -0.05) is 32.0 Å². The Morgan fingerprint density at radius 1 is 1.06 bits per heavy atom. The first-order valence-electron chi connectivity index (χ1n) is 9.57. The average Bonchev–Trinajstić information content (AvgIpc) is 3.25. The van der Waals surface area contributed by atoms with Crippen molar-refractivity contribution in [2.24, 2.45) is 0 Å². The van der Waals surface area contributed by atoms with Crippen LogP contribution < -0.4 is 10.0 Å². The second-order valence-electron chi connectivity index (χ2n) is 7.19. The molecule has 2 aromatic carbocycles. The van der Waals surface area contributed by atoms with E-state index in [1.807, 2.05) is 38.1 Å². The SMILES string of the molecule is CC(C)c1cc(C(=O)Nc2ccc(S(=O)(=O)Nc3nccs3)cc2)c2ccccc2n1. The molecular weight excluding hydrogens is 432 g/mol. The number of hydrogen-bond donors (Lipinski definition) is 2. The van der Waals surface area contributed by atoms with Crippen LogP contribution in [0.3, 0.4) is 0 Å². The zero-order valence-electron chi connectivity index (χ0n) is 16.9. The first-order chi connectivity index (χ1) is 14.8. The lowest BCUT2D eigenvalue weighted by Gasteiger charge is -2.12. The van der Waals surface area contributed by atoms with Crippen molar-refractivity contribution in [2.75, 3.05) is 10.0 Å². The molecule has 0 bridgehead atoms. The number of pyridine rings is 1. The molecule has 0 aliphatic rings. The summed E-state index contributed by atoms with van der Waals surface area (Å²) in [5, 5.41) is 5.59. The standard InChI is InChI=1S/C22H20N4O3S2/c1-14(2)20-13-18(17-5-3-4-6-19(17)25-20)21(27)24-15-7-9-16(10-8-15)31(28,29)26-22-23-11-12-30-22/h3-14H,1-2H3,(H,23,26)(H,24,27). The summed E-state index contributed by atoms with van der Waals surface area (Å²) in [6.07, 6.45) is 1.52. The van der Waals surface area contributed by atoms with E-state index < -0.39 is 10.0 Å². The van der Waals surface area contributed by atoms with Gasteiger partial charge in [-0.05, 0) is 42.3 Å². The molecule has 1 amide bonds. The van der Waals surface area contributed by atoms with Crippen LogP contribution >= 0.6 is 11.3 Å². The van der Waals surface area contributed by atoms with E-state index in [2.05, 4.69) is 20.0 Å². The van der Waals surface area contributed by atoms with Crippen LogP contribution in [0.25, 0.3) is 10.9 Å². The van der Waals surface area contributed by atoms with Gasteiger partial charge in [0, 0.05) is 28.3 Å². The van der Waals surface area contributed by atoms with Crippen LogP contribution in [0, 0.1) is 0 Å². The number of rotatable bonds is 6. The van der Waals surface area contributed by atoms with Crippen molar-refractivity contribution in [3.63, 3.8) is 0 Å². The number of thiazole rings is 1. The molecule has 158 valence electrons. The number of aromatic nitrogens is 2. The summed E-state index contributed by atoms with van der Waals surface area (Å²) in [4.78, 5) is 21.7. The smallest absolute Gasteiger partial charge is 0.263 e. The molecule has 7 nitrogen and oxygen atoms in total. The summed E-state index contributed by atoms with van der Waals surface area (Å²) in [7, 11) is -3.75. The maximum absolute atomic E-state index is 13.0. The maximum Gasteiger partial charge on any atom is 0.263 e. The lowest BCUT2D eigenvalue weighted by Crippen LogP contribution is -2.15. The fourth-order valence-corrected chi connectivity index (χ4v) is 4.83. The highest BCUT2D eigenvalue weighted by Gasteiger charge is 2.17. The van der Waals surface area contributed by atoms with Gasteiger partial charge >= 0.3 is 0 Å². The number of carbonyl (C=O) groups excluding carboxylic acids is 1. The molecule has 4 rings (SSSR count). The van der Waals surface area contributed by atoms with Crippen molar-refractivity contribution in [1.82, 2.24) is 9.97 Å².